The second-order valence-corrected chi connectivity index (χ2v) is 8.57. The van der Waals surface area contributed by atoms with Gasteiger partial charge in [0.2, 0.25) is 15.9 Å². The zero-order valence-corrected chi connectivity index (χ0v) is 17.5. The summed E-state index contributed by atoms with van der Waals surface area (Å²) in [6.07, 6.45) is -3.39. The van der Waals surface area contributed by atoms with Crippen molar-refractivity contribution in [3.63, 3.8) is 0 Å². The fraction of sp³-hybridized carbons (Fsp3) is 0.368. The Morgan fingerprint density at radius 3 is 2.39 bits per heavy atom. The van der Waals surface area contributed by atoms with Gasteiger partial charge in [-0.05, 0) is 30.2 Å². The average molecular weight is 462 g/mol. The molecule has 3 N–H and O–H groups in total. The van der Waals surface area contributed by atoms with Crippen LogP contribution in [0.4, 0.5) is 23.4 Å². The Balaban J connectivity index is 1.99. The molecule has 2 rings (SSSR count). The highest BCUT2D eigenvalue weighted by Gasteiger charge is 2.34. The summed E-state index contributed by atoms with van der Waals surface area (Å²) in [4.78, 5) is 15.5. The summed E-state index contributed by atoms with van der Waals surface area (Å²) in [5.74, 6) is -2.53. The monoisotopic (exact) mass is 462 g/mol. The zero-order valence-electron chi connectivity index (χ0n) is 16.7. The molecule has 170 valence electrons. The lowest BCUT2D eigenvalue weighted by atomic mass is 10.1. The average Bonchev–Trinajstić information content (AvgIpc) is 2.69. The number of benzene rings is 1. The molecule has 0 radical (unpaired) electrons. The Kier molecular flexibility index (Phi) is 7.96. The first-order valence-electron chi connectivity index (χ1n) is 9.24. The summed E-state index contributed by atoms with van der Waals surface area (Å²) in [6, 6.07) is 5.55. The molecule has 0 saturated carbocycles. The van der Waals surface area contributed by atoms with E-state index in [1.54, 1.807) is 13.8 Å². The maximum Gasteiger partial charge on any atom is 0.419 e. The molecule has 0 fully saturated rings. The van der Waals surface area contributed by atoms with Gasteiger partial charge in [0.05, 0.1) is 5.56 Å². The highest BCUT2D eigenvalue weighted by Crippen LogP contribution is 2.33. The van der Waals surface area contributed by atoms with Crippen LogP contribution in [0.15, 0.2) is 47.5 Å². The van der Waals surface area contributed by atoms with Crippen molar-refractivity contribution >= 4 is 21.7 Å². The maximum absolute atomic E-state index is 13.9. The number of anilines is 1. The van der Waals surface area contributed by atoms with Crippen molar-refractivity contribution in [2.45, 2.75) is 31.0 Å². The standard InChI is InChI=1S/C19H22F4N4O3S/c1-12(2)16(27-31(29,30)15-8-4-3-7-14(15)20)18(28)26-11-10-25-17-13(19(21,22)23)6-5-9-24-17/h3-9,12,16,27H,10-11H2,1-2H3,(H,24,25)(H,26,28)/t16-/m0/s1. The lowest BCUT2D eigenvalue weighted by molar-refractivity contribution is -0.137. The molecule has 0 bridgehead atoms. The van der Waals surface area contributed by atoms with Crippen LogP contribution in [-0.4, -0.2) is 38.4 Å². The number of nitrogens with one attached hydrogen (secondary N) is 3. The van der Waals surface area contributed by atoms with Gasteiger partial charge in [-0.15, -0.1) is 0 Å². The third-order valence-corrected chi connectivity index (χ3v) is 5.66. The number of carbonyl (C=O) groups excluding carboxylic acids is 1. The number of sulfonamides is 1. The predicted octanol–water partition coefficient (Wildman–Crippen LogP) is 2.77. The van der Waals surface area contributed by atoms with E-state index < -0.39 is 50.3 Å². The van der Waals surface area contributed by atoms with E-state index in [1.807, 2.05) is 0 Å². The minimum Gasteiger partial charge on any atom is -0.368 e. The van der Waals surface area contributed by atoms with Gasteiger partial charge in [0.15, 0.2) is 0 Å². The van der Waals surface area contributed by atoms with Crippen LogP contribution in [0.3, 0.4) is 0 Å². The normalized spacial score (nSPS) is 13.1. The SMILES string of the molecule is CC(C)[C@H](NS(=O)(=O)c1ccccc1F)C(=O)NCCNc1ncccc1C(F)(F)F. The van der Waals surface area contributed by atoms with Gasteiger partial charge in [-0.1, -0.05) is 26.0 Å². The summed E-state index contributed by atoms with van der Waals surface area (Å²) in [6.45, 7) is 3.00. The van der Waals surface area contributed by atoms with Gasteiger partial charge >= 0.3 is 6.18 Å². The minimum atomic E-state index is -4.59. The summed E-state index contributed by atoms with van der Waals surface area (Å²) in [7, 11) is -4.31. The lowest BCUT2D eigenvalue weighted by Gasteiger charge is -2.22. The molecule has 0 aliphatic heterocycles. The van der Waals surface area contributed by atoms with E-state index in [2.05, 4.69) is 20.3 Å². The number of nitrogens with zero attached hydrogens (tertiary/aromatic N) is 1. The van der Waals surface area contributed by atoms with Crippen molar-refractivity contribution in [3.8, 4) is 0 Å². The highest BCUT2D eigenvalue weighted by molar-refractivity contribution is 7.89. The first kappa shape index (κ1) is 24.5. The molecule has 1 amide bonds. The van der Waals surface area contributed by atoms with Crippen LogP contribution in [0.1, 0.15) is 19.4 Å². The van der Waals surface area contributed by atoms with Crippen molar-refractivity contribution in [2.75, 3.05) is 18.4 Å². The van der Waals surface area contributed by atoms with Gasteiger partial charge < -0.3 is 10.6 Å². The lowest BCUT2D eigenvalue weighted by Crippen LogP contribution is -2.50. The Hall–Kier alpha value is -2.73. The molecule has 0 saturated heterocycles. The Morgan fingerprint density at radius 1 is 1.10 bits per heavy atom. The zero-order chi connectivity index (χ0) is 23.2. The number of rotatable bonds is 9. The molecule has 1 atom stereocenters. The number of pyridine rings is 1. The van der Waals surface area contributed by atoms with Gasteiger partial charge in [-0.3, -0.25) is 4.79 Å². The summed E-state index contributed by atoms with van der Waals surface area (Å²) >= 11 is 0. The van der Waals surface area contributed by atoms with E-state index in [0.717, 1.165) is 24.3 Å². The smallest absolute Gasteiger partial charge is 0.368 e. The third-order valence-electron chi connectivity index (χ3n) is 4.19. The van der Waals surface area contributed by atoms with Crippen molar-refractivity contribution in [1.82, 2.24) is 15.0 Å². The van der Waals surface area contributed by atoms with Crippen LogP contribution in [0.25, 0.3) is 0 Å². The van der Waals surface area contributed by atoms with E-state index in [9.17, 15) is 30.8 Å². The first-order valence-corrected chi connectivity index (χ1v) is 10.7. The van der Waals surface area contributed by atoms with Crippen LogP contribution in [-0.2, 0) is 21.0 Å². The van der Waals surface area contributed by atoms with Crippen LogP contribution < -0.4 is 15.4 Å². The number of carbonyl (C=O) groups is 1. The van der Waals surface area contributed by atoms with Gasteiger partial charge in [0.1, 0.15) is 22.6 Å². The molecule has 0 aliphatic rings. The summed E-state index contributed by atoms with van der Waals surface area (Å²) in [5, 5.41) is 4.94. The predicted molar refractivity (Wildman–Crippen MR) is 106 cm³/mol. The third kappa shape index (κ3) is 6.62. The molecule has 1 aromatic heterocycles. The number of hydrogen-bond donors (Lipinski definition) is 3. The number of hydrogen-bond acceptors (Lipinski definition) is 5. The second kappa shape index (κ2) is 10.1. The molecule has 2 aromatic rings. The molecule has 12 heteroatoms. The number of alkyl halides is 3. The Bertz CT molecular complexity index is 1010. The van der Waals surface area contributed by atoms with E-state index in [0.29, 0.717) is 0 Å². The van der Waals surface area contributed by atoms with Gasteiger partial charge in [0, 0.05) is 19.3 Å². The molecular formula is C19H22F4N4O3S. The van der Waals surface area contributed by atoms with Gasteiger partial charge in [-0.2, -0.15) is 17.9 Å². The van der Waals surface area contributed by atoms with E-state index in [4.69, 9.17) is 0 Å². The molecule has 1 heterocycles. The van der Waals surface area contributed by atoms with Crippen molar-refractivity contribution in [2.24, 2.45) is 5.92 Å². The van der Waals surface area contributed by atoms with E-state index in [1.165, 1.54) is 18.3 Å². The van der Waals surface area contributed by atoms with Crippen molar-refractivity contribution in [1.29, 1.82) is 0 Å². The fourth-order valence-electron chi connectivity index (χ4n) is 2.64. The summed E-state index contributed by atoms with van der Waals surface area (Å²) < 4.78 is 79.8. The maximum atomic E-state index is 13.9. The van der Waals surface area contributed by atoms with Crippen molar-refractivity contribution in [3.05, 3.63) is 54.0 Å². The first-order chi connectivity index (χ1) is 14.4. The molecule has 0 unspecified atom stereocenters. The van der Waals surface area contributed by atoms with Crippen LogP contribution in [0.2, 0.25) is 0 Å². The van der Waals surface area contributed by atoms with Crippen LogP contribution >= 0.6 is 0 Å². The Morgan fingerprint density at radius 2 is 1.77 bits per heavy atom. The molecular weight excluding hydrogens is 440 g/mol. The molecule has 7 nitrogen and oxygen atoms in total. The fourth-order valence-corrected chi connectivity index (χ4v) is 4.06. The van der Waals surface area contributed by atoms with Crippen LogP contribution in [0, 0.1) is 11.7 Å². The van der Waals surface area contributed by atoms with E-state index in [-0.39, 0.29) is 18.9 Å². The highest BCUT2D eigenvalue weighted by atomic mass is 32.2. The largest absolute Gasteiger partial charge is 0.419 e. The summed E-state index contributed by atoms with van der Waals surface area (Å²) in [5.41, 5.74) is -0.945. The van der Waals surface area contributed by atoms with Crippen LogP contribution in [0.5, 0.6) is 0 Å². The Labute approximate surface area is 177 Å². The van der Waals surface area contributed by atoms with Gasteiger partial charge in [-0.25, -0.2) is 17.8 Å². The second-order valence-electron chi connectivity index (χ2n) is 6.89. The molecule has 0 spiro atoms. The quantitative estimate of drug-likeness (QED) is 0.393. The number of aromatic nitrogens is 1. The van der Waals surface area contributed by atoms with Crippen molar-refractivity contribution < 1.29 is 30.8 Å². The molecule has 1 aromatic carbocycles. The number of amides is 1. The topological polar surface area (TPSA) is 100 Å². The molecule has 31 heavy (non-hydrogen) atoms. The molecule has 0 aliphatic carbocycles. The minimum absolute atomic E-state index is 0.0866. The van der Waals surface area contributed by atoms with E-state index >= 15 is 0 Å². The number of halogens is 4. The van der Waals surface area contributed by atoms with Gasteiger partial charge in [0.25, 0.3) is 0 Å².